The average Bonchev–Trinajstić information content (AvgIpc) is 3.05. The third kappa shape index (κ3) is 5.47. The second-order valence-corrected chi connectivity index (χ2v) is 5.52. The number of amides is 2. The van der Waals surface area contributed by atoms with Gasteiger partial charge in [-0.15, -0.1) is 0 Å². The Hall–Kier alpha value is -2.82. The second-order valence-electron chi connectivity index (χ2n) is 5.52. The van der Waals surface area contributed by atoms with Gasteiger partial charge in [-0.3, -0.25) is 9.59 Å². The maximum Gasteiger partial charge on any atom is 0.244 e. The van der Waals surface area contributed by atoms with Crippen molar-refractivity contribution in [1.29, 1.82) is 0 Å². The van der Waals surface area contributed by atoms with Crippen molar-refractivity contribution in [3.05, 3.63) is 59.9 Å². The molecule has 2 aromatic rings. The highest BCUT2D eigenvalue weighted by Gasteiger charge is 2.06. The number of aromatic amines is 1. The molecule has 0 saturated heterocycles. The molecule has 2 amide bonds. The summed E-state index contributed by atoms with van der Waals surface area (Å²) >= 11 is 0. The van der Waals surface area contributed by atoms with E-state index < -0.39 is 0 Å². The van der Waals surface area contributed by atoms with Crippen LogP contribution in [0.25, 0.3) is 6.08 Å². The Labute approximate surface area is 135 Å². The number of nitrogens with one attached hydrogen (secondary N) is 3. The van der Waals surface area contributed by atoms with Gasteiger partial charge in [-0.1, -0.05) is 26.0 Å². The van der Waals surface area contributed by atoms with Gasteiger partial charge in [-0.2, -0.15) is 0 Å². The minimum atomic E-state index is -0.156. The Morgan fingerprint density at radius 1 is 1.17 bits per heavy atom. The van der Waals surface area contributed by atoms with Crippen molar-refractivity contribution in [1.82, 2.24) is 10.3 Å². The van der Waals surface area contributed by atoms with Crippen LogP contribution in [0.4, 0.5) is 5.69 Å². The van der Waals surface area contributed by atoms with Gasteiger partial charge < -0.3 is 15.6 Å². The maximum atomic E-state index is 11.7. The minimum Gasteiger partial charge on any atom is -0.362 e. The highest BCUT2D eigenvalue weighted by Crippen LogP contribution is 2.11. The molecule has 0 aliphatic rings. The molecule has 1 aromatic carbocycles. The molecule has 0 aliphatic heterocycles. The third-order valence-corrected chi connectivity index (χ3v) is 3.25. The number of carbonyl (C=O) groups excluding carboxylic acids is 2. The molecule has 3 N–H and O–H groups in total. The van der Waals surface area contributed by atoms with Crippen LogP contribution in [-0.2, 0) is 16.1 Å². The van der Waals surface area contributed by atoms with E-state index in [2.05, 4.69) is 15.6 Å². The van der Waals surface area contributed by atoms with Crippen molar-refractivity contribution in [2.24, 2.45) is 5.92 Å². The molecule has 0 fully saturated rings. The molecule has 1 aromatic heterocycles. The van der Waals surface area contributed by atoms with Gasteiger partial charge in [0.25, 0.3) is 0 Å². The molecule has 5 nitrogen and oxygen atoms in total. The average molecular weight is 311 g/mol. The fraction of sp³-hybridized carbons (Fsp3) is 0.222. The molecule has 0 spiro atoms. The topological polar surface area (TPSA) is 74.0 Å². The number of aromatic nitrogens is 1. The lowest BCUT2D eigenvalue weighted by Crippen LogP contribution is -2.20. The standard InChI is InChI=1S/C18H21N3O2/c1-13(2)18(23)21-16-7-5-14(6-8-16)12-20-17(22)10-9-15-4-3-11-19-15/h3-11,13,19H,12H2,1-2H3,(H,20,22)(H,21,23). The zero-order chi connectivity index (χ0) is 16.7. The lowest BCUT2D eigenvalue weighted by Gasteiger charge is -2.08. The molecule has 5 heteroatoms. The summed E-state index contributed by atoms with van der Waals surface area (Å²) < 4.78 is 0. The molecule has 120 valence electrons. The van der Waals surface area contributed by atoms with Gasteiger partial charge in [0.15, 0.2) is 0 Å². The molecular formula is C18H21N3O2. The first-order chi connectivity index (χ1) is 11.0. The van der Waals surface area contributed by atoms with Gasteiger partial charge >= 0.3 is 0 Å². The molecule has 0 unspecified atom stereocenters. The van der Waals surface area contributed by atoms with Crippen molar-refractivity contribution in [3.63, 3.8) is 0 Å². The Kier molecular flexibility index (Phi) is 5.74. The monoisotopic (exact) mass is 311 g/mol. The van der Waals surface area contributed by atoms with Crippen LogP contribution in [0.3, 0.4) is 0 Å². The largest absolute Gasteiger partial charge is 0.362 e. The molecule has 0 saturated carbocycles. The number of benzene rings is 1. The van der Waals surface area contributed by atoms with E-state index in [9.17, 15) is 9.59 Å². The van der Waals surface area contributed by atoms with Crippen LogP contribution in [0.5, 0.6) is 0 Å². The number of anilines is 1. The number of hydrogen-bond acceptors (Lipinski definition) is 2. The first kappa shape index (κ1) is 16.5. The molecule has 0 radical (unpaired) electrons. The van der Waals surface area contributed by atoms with E-state index in [0.717, 1.165) is 16.9 Å². The zero-order valence-corrected chi connectivity index (χ0v) is 13.3. The van der Waals surface area contributed by atoms with E-state index in [1.807, 2.05) is 50.2 Å². The van der Waals surface area contributed by atoms with Crippen molar-refractivity contribution in [2.45, 2.75) is 20.4 Å². The second kappa shape index (κ2) is 7.98. The lowest BCUT2D eigenvalue weighted by molar-refractivity contribution is -0.119. The number of rotatable bonds is 6. The third-order valence-electron chi connectivity index (χ3n) is 3.25. The van der Waals surface area contributed by atoms with Crippen molar-refractivity contribution in [2.75, 3.05) is 5.32 Å². The number of H-pyrrole nitrogens is 1. The predicted octanol–water partition coefficient (Wildman–Crippen LogP) is 2.94. The molecule has 23 heavy (non-hydrogen) atoms. The lowest BCUT2D eigenvalue weighted by atomic mass is 10.1. The van der Waals surface area contributed by atoms with E-state index in [0.29, 0.717) is 6.54 Å². The molecule has 0 atom stereocenters. The smallest absolute Gasteiger partial charge is 0.244 e. The fourth-order valence-electron chi connectivity index (χ4n) is 1.85. The first-order valence-electron chi connectivity index (χ1n) is 7.53. The van der Waals surface area contributed by atoms with Gasteiger partial charge in [0, 0.05) is 36.1 Å². The first-order valence-corrected chi connectivity index (χ1v) is 7.53. The van der Waals surface area contributed by atoms with Gasteiger partial charge in [0.1, 0.15) is 0 Å². The Morgan fingerprint density at radius 2 is 1.91 bits per heavy atom. The van der Waals surface area contributed by atoms with Crippen molar-refractivity contribution >= 4 is 23.6 Å². The summed E-state index contributed by atoms with van der Waals surface area (Å²) in [5, 5.41) is 5.64. The fourth-order valence-corrected chi connectivity index (χ4v) is 1.85. The summed E-state index contributed by atoms with van der Waals surface area (Å²) in [6.07, 6.45) is 5.01. The summed E-state index contributed by atoms with van der Waals surface area (Å²) in [5.41, 5.74) is 2.60. The normalized spacial score (nSPS) is 10.9. The van der Waals surface area contributed by atoms with Crippen LogP contribution >= 0.6 is 0 Å². The summed E-state index contributed by atoms with van der Waals surface area (Å²) in [5.74, 6) is -0.224. The quantitative estimate of drug-likeness (QED) is 0.718. The van der Waals surface area contributed by atoms with E-state index in [-0.39, 0.29) is 17.7 Å². The molecule has 0 bridgehead atoms. The summed E-state index contributed by atoms with van der Waals surface area (Å²) in [6.45, 7) is 4.13. The Bertz CT molecular complexity index is 671. The number of carbonyl (C=O) groups is 2. The van der Waals surface area contributed by atoms with Gasteiger partial charge in [-0.05, 0) is 35.9 Å². The summed E-state index contributed by atoms with van der Waals surface area (Å²) in [4.78, 5) is 26.3. The van der Waals surface area contributed by atoms with Crippen molar-refractivity contribution < 1.29 is 9.59 Å². The van der Waals surface area contributed by atoms with Crippen LogP contribution in [0.2, 0.25) is 0 Å². The van der Waals surface area contributed by atoms with Gasteiger partial charge in [-0.25, -0.2) is 0 Å². The molecule has 2 rings (SSSR count). The van der Waals surface area contributed by atoms with E-state index in [1.165, 1.54) is 6.08 Å². The van der Waals surface area contributed by atoms with E-state index in [4.69, 9.17) is 0 Å². The molecule has 1 heterocycles. The molecular weight excluding hydrogens is 290 g/mol. The van der Waals surface area contributed by atoms with E-state index >= 15 is 0 Å². The zero-order valence-electron chi connectivity index (χ0n) is 13.3. The Morgan fingerprint density at radius 3 is 2.52 bits per heavy atom. The van der Waals surface area contributed by atoms with Crippen LogP contribution in [-0.4, -0.2) is 16.8 Å². The van der Waals surface area contributed by atoms with Gasteiger partial charge in [0.2, 0.25) is 11.8 Å². The highest BCUT2D eigenvalue weighted by atomic mass is 16.2. The van der Waals surface area contributed by atoms with Gasteiger partial charge in [0.05, 0.1) is 0 Å². The Balaban J connectivity index is 1.81. The highest BCUT2D eigenvalue weighted by molar-refractivity contribution is 5.92. The summed E-state index contributed by atoms with van der Waals surface area (Å²) in [7, 11) is 0. The SMILES string of the molecule is CC(C)C(=O)Nc1ccc(CNC(=O)C=Cc2ccc[nH]2)cc1. The van der Waals surface area contributed by atoms with E-state index in [1.54, 1.807) is 12.3 Å². The van der Waals surface area contributed by atoms with Crippen LogP contribution in [0, 0.1) is 5.92 Å². The minimum absolute atomic E-state index is 0.0134. The summed E-state index contributed by atoms with van der Waals surface area (Å²) in [6, 6.07) is 11.2. The maximum absolute atomic E-state index is 11.7. The van der Waals surface area contributed by atoms with Crippen LogP contribution < -0.4 is 10.6 Å². The molecule has 0 aliphatic carbocycles. The number of hydrogen-bond donors (Lipinski definition) is 3. The predicted molar refractivity (Wildman–Crippen MR) is 91.6 cm³/mol. The van der Waals surface area contributed by atoms with Crippen molar-refractivity contribution in [3.8, 4) is 0 Å². The van der Waals surface area contributed by atoms with Crippen LogP contribution in [0.15, 0.2) is 48.7 Å². The van der Waals surface area contributed by atoms with Crippen LogP contribution in [0.1, 0.15) is 25.1 Å².